The van der Waals surface area contributed by atoms with Gasteiger partial charge in [0, 0.05) is 6.20 Å². The second-order valence-corrected chi connectivity index (χ2v) is 10.4. The van der Waals surface area contributed by atoms with Crippen molar-refractivity contribution in [2.24, 2.45) is 0 Å². The molecule has 4 atom stereocenters. The molecular formula is C10H18N3O12P3. The molecule has 1 aromatic heterocycles. The molecule has 160 valence electrons. The zero-order valence-corrected chi connectivity index (χ0v) is 16.9. The SMILES string of the molecule is C[C@@]1(COP(=O)(O)OP(=O)(O)OP(=O)(O)O)CC[C@H](n2ccc(N)nc2=O)O1. The van der Waals surface area contributed by atoms with Crippen LogP contribution in [0.25, 0.3) is 0 Å². The molecule has 15 nitrogen and oxygen atoms in total. The second kappa shape index (κ2) is 8.05. The van der Waals surface area contributed by atoms with Crippen LogP contribution in [0.5, 0.6) is 0 Å². The minimum absolute atomic E-state index is 0.0228. The van der Waals surface area contributed by atoms with Crippen LogP contribution >= 0.6 is 23.5 Å². The molecule has 0 amide bonds. The van der Waals surface area contributed by atoms with Crippen molar-refractivity contribution in [1.82, 2.24) is 9.55 Å². The number of nitrogen functional groups attached to an aromatic ring is 1. The smallest absolute Gasteiger partial charge is 0.383 e. The maximum absolute atomic E-state index is 11.8. The van der Waals surface area contributed by atoms with E-state index in [-0.39, 0.29) is 12.2 Å². The Kier molecular flexibility index (Phi) is 6.71. The zero-order chi connectivity index (χ0) is 21.4. The average molecular weight is 465 g/mol. The van der Waals surface area contributed by atoms with Gasteiger partial charge in [-0.15, -0.1) is 0 Å². The standard InChI is InChI=1S/C10H18N3O12P3/c1-10(4-2-8(23-10)13-5-3-7(11)12-9(13)14)6-22-27(18,19)25-28(20,21)24-26(15,16)17/h3,5,8H,2,4,6H2,1H3,(H,18,19)(H,20,21)(H2,11,12,14)(H2,15,16,17)/t8-,10+/m1/s1. The molecule has 1 aliphatic heterocycles. The van der Waals surface area contributed by atoms with Crippen LogP contribution in [0, 0.1) is 0 Å². The van der Waals surface area contributed by atoms with E-state index in [9.17, 15) is 23.4 Å². The van der Waals surface area contributed by atoms with Crippen LogP contribution in [0.4, 0.5) is 5.82 Å². The van der Waals surface area contributed by atoms with Crippen molar-refractivity contribution in [2.45, 2.75) is 31.6 Å². The number of nitrogens with two attached hydrogens (primary N) is 1. The zero-order valence-electron chi connectivity index (χ0n) is 14.2. The quantitative estimate of drug-likeness (QED) is 0.324. The van der Waals surface area contributed by atoms with Crippen molar-refractivity contribution in [3.8, 4) is 0 Å². The van der Waals surface area contributed by atoms with Crippen molar-refractivity contribution in [1.29, 1.82) is 0 Å². The molecule has 1 fully saturated rings. The minimum atomic E-state index is -5.60. The first-order chi connectivity index (χ1) is 12.6. The fraction of sp³-hybridized carbons (Fsp3) is 0.600. The number of nitrogens with zero attached hydrogens (tertiary/aromatic N) is 2. The molecule has 0 aromatic carbocycles. The van der Waals surface area contributed by atoms with E-state index in [0.29, 0.717) is 6.42 Å². The number of aromatic nitrogens is 2. The molecule has 28 heavy (non-hydrogen) atoms. The first-order valence-electron chi connectivity index (χ1n) is 7.41. The summed E-state index contributed by atoms with van der Waals surface area (Å²) in [5.74, 6) is 0.0228. The van der Waals surface area contributed by atoms with E-state index in [0.717, 1.165) is 4.57 Å². The number of anilines is 1. The normalized spacial score (nSPS) is 27.2. The fourth-order valence-electron chi connectivity index (χ4n) is 2.34. The summed E-state index contributed by atoms with van der Waals surface area (Å²) in [5.41, 5.74) is 3.54. The van der Waals surface area contributed by atoms with Crippen LogP contribution in [-0.4, -0.2) is 41.3 Å². The van der Waals surface area contributed by atoms with Gasteiger partial charge in [-0.2, -0.15) is 13.6 Å². The summed E-state index contributed by atoms with van der Waals surface area (Å²) in [6.07, 6.45) is 1.16. The summed E-state index contributed by atoms with van der Waals surface area (Å²) in [6.45, 7) is 0.859. The summed E-state index contributed by atoms with van der Waals surface area (Å²) in [4.78, 5) is 50.9. The lowest BCUT2D eigenvalue weighted by atomic mass is 10.0. The maximum atomic E-state index is 11.8. The predicted molar refractivity (Wildman–Crippen MR) is 90.5 cm³/mol. The van der Waals surface area contributed by atoms with Crippen LogP contribution < -0.4 is 11.4 Å². The Morgan fingerprint density at radius 3 is 2.50 bits per heavy atom. The van der Waals surface area contributed by atoms with Gasteiger partial charge >= 0.3 is 29.2 Å². The van der Waals surface area contributed by atoms with Gasteiger partial charge in [-0.05, 0) is 25.8 Å². The van der Waals surface area contributed by atoms with E-state index in [4.69, 9.17) is 25.2 Å². The van der Waals surface area contributed by atoms with Gasteiger partial charge in [-0.3, -0.25) is 9.09 Å². The van der Waals surface area contributed by atoms with Crippen LogP contribution in [0.1, 0.15) is 26.0 Å². The van der Waals surface area contributed by atoms with Crippen molar-refractivity contribution in [2.75, 3.05) is 12.3 Å². The molecule has 2 rings (SSSR count). The summed E-state index contributed by atoms with van der Waals surface area (Å²) < 4.78 is 52.3. The molecule has 0 radical (unpaired) electrons. The van der Waals surface area contributed by atoms with E-state index in [1.54, 1.807) is 0 Å². The Balaban J connectivity index is 2.00. The highest BCUT2D eigenvalue weighted by Gasteiger charge is 2.44. The van der Waals surface area contributed by atoms with E-state index in [1.807, 2.05) is 0 Å². The molecule has 2 heterocycles. The van der Waals surface area contributed by atoms with E-state index in [2.05, 4.69) is 18.1 Å². The summed E-state index contributed by atoms with van der Waals surface area (Å²) >= 11 is 0. The van der Waals surface area contributed by atoms with Gasteiger partial charge in [0.05, 0.1) is 12.2 Å². The lowest BCUT2D eigenvalue weighted by Crippen LogP contribution is -2.33. The van der Waals surface area contributed by atoms with Crippen molar-refractivity contribution in [3.05, 3.63) is 22.7 Å². The minimum Gasteiger partial charge on any atom is -0.383 e. The highest BCUT2D eigenvalue weighted by Crippen LogP contribution is 2.66. The molecule has 2 unspecified atom stereocenters. The molecule has 1 aromatic rings. The van der Waals surface area contributed by atoms with E-state index in [1.165, 1.54) is 19.2 Å². The molecule has 6 N–H and O–H groups in total. The van der Waals surface area contributed by atoms with Crippen LogP contribution in [0.2, 0.25) is 0 Å². The molecule has 0 spiro atoms. The third-order valence-corrected chi connectivity index (χ3v) is 7.23. The van der Waals surface area contributed by atoms with Gasteiger partial charge in [-0.1, -0.05) is 0 Å². The Hall–Kier alpha value is -0.950. The number of ether oxygens (including phenoxy) is 1. The Morgan fingerprint density at radius 1 is 1.29 bits per heavy atom. The maximum Gasteiger partial charge on any atom is 0.490 e. The summed E-state index contributed by atoms with van der Waals surface area (Å²) in [5, 5.41) is 0. The highest BCUT2D eigenvalue weighted by molar-refractivity contribution is 7.66. The van der Waals surface area contributed by atoms with E-state index < -0.39 is 47.6 Å². The first kappa shape index (κ1) is 23.3. The van der Waals surface area contributed by atoms with Crippen molar-refractivity contribution >= 4 is 29.3 Å². The molecule has 0 aliphatic carbocycles. The molecule has 1 aliphatic rings. The van der Waals surface area contributed by atoms with Crippen molar-refractivity contribution in [3.63, 3.8) is 0 Å². The number of hydrogen-bond donors (Lipinski definition) is 5. The molecule has 0 bridgehead atoms. The third-order valence-electron chi connectivity index (χ3n) is 3.45. The topological polar surface area (TPSA) is 230 Å². The second-order valence-electron chi connectivity index (χ2n) is 5.97. The predicted octanol–water partition coefficient (Wildman–Crippen LogP) is 0.236. The Labute approximate surface area is 157 Å². The lowest BCUT2D eigenvalue weighted by molar-refractivity contribution is -0.0865. The number of rotatable bonds is 8. The first-order valence-corrected chi connectivity index (χ1v) is 11.9. The highest BCUT2D eigenvalue weighted by atomic mass is 31.3. The summed E-state index contributed by atoms with van der Waals surface area (Å²) in [6, 6.07) is 1.38. The van der Waals surface area contributed by atoms with Gasteiger partial charge in [0.25, 0.3) is 0 Å². The fourth-order valence-corrected chi connectivity index (χ4v) is 5.47. The lowest BCUT2D eigenvalue weighted by Gasteiger charge is -2.26. The summed E-state index contributed by atoms with van der Waals surface area (Å²) in [7, 11) is -16.3. The number of phosphoric ester groups is 1. The van der Waals surface area contributed by atoms with Crippen molar-refractivity contribution < 1.29 is 51.2 Å². The monoisotopic (exact) mass is 465 g/mol. The number of phosphoric acid groups is 3. The van der Waals surface area contributed by atoms with Gasteiger partial charge in [0.1, 0.15) is 12.0 Å². The molecule has 1 saturated heterocycles. The van der Waals surface area contributed by atoms with Crippen LogP contribution in [0.3, 0.4) is 0 Å². The van der Waals surface area contributed by atoms with Gasteiger partial charge < -0.3 is 30.0 Å². The molecule has 0 saturated carbocycles. The Morgan fingerprint density at radius 2 is 1.93 bits per heavy atom. The third kappa shape index (κ3) is 6.83. The average Bonchev–Trinajstić information content (AvgIpc) is 2.84. The van der Waals surface area contributed by atoms with Gasteiger partial charge in [0.2, 0.25) is 0 Å². The van der Waals surface area contributed by atoms with Gasteiger partial charge in [-0.25, -0.2) is 18.5 Å². The molecular weight excluding hydrogens is 447 g/mol. The Bertz CT molecular complexity index is 930. The van der Waals surface area contributed by atoms with Gasteiger partial charge in [0.15, 0.2) is 0 Å². The molecule has 18 heteroatoms. The van der Waals surface area contributed by atoms with E-state index >= 15 is 0 Å². The number of hydrogen-bond acceptors (Lipinski definition) is 10. The van der Waals surface area contributed by atoms with Crippen LogP contribution in [0.15, 0.2) is 17.1 Å². The van der Waals surface area contributed by atoms with Crippen LogP contribution in [-0.2, 0) is 31.6 Å². The largest absolute Gasteiger partial charge is 0.490 e.